The number of halogens is 1. The van der Waals surface area contributed by atoms with Gasteiger partial charge in [-0.2, -0.15) is 0 Å². The Kier molecular flexibility index (Phi) is 11.2. The van der Waals surface area contributed by atoms with Crippen LogP contribution in [0.25, 0.3) is 0 Å². The lowest BCUT2D eigenvalue weighted by Gasteiger charge is -2.16. The van der Waals surface area contributed by atoms with Gasteiger partial charge in [-0.25, -0.2) is 4.99 Å². The van der Waals surface area contributed by atoms with Gasteiger partial charge in [0, 0.05) is 25.8 Å². The number of benzene rings is 1. The molecule has 0 aliphatic carbocycles. The highest BCUT2D eigenvalue weighted by atomic mass is 127. The molecule has 0 amide bonds. The van der Waals surface area contributed by atoms with Gasteiger partial charge in [0.05, 0.1) is 19.2 Å². The molecule has 8 nitrogen and oxygen atoms in total. The minimum absolute atomic E-state index is 0. The van der Waals surface area contributed by atoms with Crippen molar-refractivity contribution in [1.82, 2.24) is 25.4 Å². The summed E-state index contributed by atoms with van der Waals surface area (Å²) in [4.78, 5) is 4.81. The minimum Gasteiger partial charge on any atom is -0.491 e. The normalized spacial score (nSPS) is 16.0. The Labute approximate surface area is 208 Å². The van der Waals surface area contributed by atoms with Gasteiger partial charge in [-0.05, 0) is 44.7 Å². The number of nitrogens with zero attached hydrogens (tertiary/aromatic N) is 4. The molecule has 1 atom stereocenters. The molecule has 0 radical (unpaired) electrons. The molecule has 2 aromatic rings. The van der Waals surface area contributed by atoms with E-state index in [9.17, 15) is 0 Å². The monoisotopic (exact) mass is 556 g/mol. The molecule has 2 heterocycles. The topological polar surface area (TPSA) is 85.6 Å². The second kappa shape index (κ2) is 13.6. The fourth-order valence-electron chi connectivity index (χ4n) is 3.38. The van der Waals surface area contributed by atoms with Crippen LogP contribution in [0.15, 0.2) is 23.2 Å². The number of guanidine groups is 1. The smallest absolute Gasteiger partial charge is 0.191 e. The van der Waals surface area contributed by atoms with E-state index in [0.717, 1.165) is 67.8 Å². The molecule has 3 rings (SSSR count). The highest BCUT2D eigenvalue weighted by Crippen LogP contribution is 2.23. The summed E-state index contributed by atoms with van der Waals surface area (Å²) in [5.74, 6) is 3.41. The Morgan fingerprint density at radius 3 is 2.81 bits per heavy atom. The van der Waals surface area contributed by atoms with Crippen molar-refractivity contribution in [3.8, 4) is 5.75 Å². The van der Waals surface area contributed by atoms with Crippen molar-refractivity contribution in [2.24, 2.45) is 12.0 Å². The van der Waals surface area contributed by atoms with Crippen LogP contribution in [0.4, 0.5) is 0 Å². The molecular formula is C23H37IN6O2. The number of aryl methyl sites for hydroxylation is 2. The Bertz CT molecular complexity index is 864. The fourth-order valence-corrected chi connectivity index (χ4v) is 3.38. The predicted octanol–water partition coefficient (Wildman–Crippen LogP) is 3.64. The first-order valence-electron chi connectivity index (χ1n) is 11.3. The van der Waals surface area contributed by atoms with E-state index in [1.165, 1.54) is 5.56 Å². The summed E-state index contributed by atoms with van der Waals surface area (Å²) >= 11 is 0. The number of ether oxygens (including phenoxy) is 2. The number of nitrogens with one attached hydrogen (secondary N) is 2. The molecule has 2 N–H and O–H groups in total. The molecule has 1 saturated heterocycles. The highest BCUT2D eigenvalue weighted by Gasteiger charge is 2.17. The van der Waals surface area contributed by atoms with E-state index in [2.05, 4.69) is 52.9 Å². The van der Waals surface area contributed by atoms with Gasteiger partial charge in [-0.15, -0.1) is 34.2 Å². The summed E-state index contributed by atoms with van der Waals surface area (Å²) in [6, 6.07) is 6.28. The van der Waals surface area contributed by atoms with E-state index in [-0.39, 0.29) is 30.1 Å². The van der Waals surface area contributed by atoms with E-state index in [1.54, 1.807) is 0 Å². The largest absolute Gasteiger partial charge is 0.491 e. The molecule has 1 fully saturated rings. The van der Waals surface area contributed by atoms with Gasteiger partial charge in [0.15, 0.2) is 11.8 Å². The molecule has 1 unspecified atom stereocenters. The molecule has 1 aromatic heterocycles. The van der Waals surface area contributed by atoms with Crippen LogP contribution >= 0.6 is 24.0 Å². The number of aromatic nitrogens is 3. The lowest BCUT2D eigenvalue weighted by Crippen LogP contribution is -2.38. The third kappa shape index (κ3) is 7.91. The van der Waals surface area contributed by atoms with Crippen molar-refractivity contribution in [3.05, 3.63) is 41.0 Å². The zero-order valence-electron chi connectivity index (χ0n) is 19.7. The molecule has 0 bridgehead atoms. The lowest BCUT2D eigenvalue weighted by atomic mass is 10.1. The Morgan fingerprint density at radius 2 is 2.12 bits per heavy atom. The highest BCUT2D eigenvalue weighted by molar-refractivity contribution is 14.0. The maximum atomic E-state index is 6.12. The maximum absolute atomic E-state index is 6.12. The summed E-state index contributed by atoms with van der Waals surface area (Å²) in [5.41, 5.74) is 2.24. The van der Waals surface area contributed by atoms with E-state index in [4.69, 9.17) is 14.5 Å². The molecule has 178 valence electrons. The van der Waals surface area contributed by atoms with Crippen LogP contribution in [0.3, 0.4) is 0 Å². The predicted molar refractivity (Wildman–Crippen MR) is 138 cm³/mol. The molecular weight excluding hydrogens is 519 g/mol. The van der Waals surface area contributed by atoms with Gasteiger partial charge in [-0.3, -0.25) is 0 Å². The standard InChI is InChI=1S/C23H36N6O2.HI/c1-5-6-11-24-23(26-15-22-28-27-18(3)29(22)4)25-14-19-10-9-17(2)13-21(19)31-16-20-8-7-12-30-20;/h9-10,13,20H,5-8,11-12,14-16H2,1-4H3,(H2,24,25,26);1H. The quantitative estimate of drug-likeness (QED) is 0.201. The Hall–Kier alpha value is -1.88. The van der Waals surface area contributed by atoms with Gasteiger partial charge in [0.1, 0.15) is 18.2 Å². The third-order valence-electron chi connectivity index (χ3n) is 5.50. The zero-order valence-corrected chi connectivity index (χ0v) is 22.0. The third-order valence-corrected chi connectivity index (χ3v) is 5.50. The molecule has 9 heteroatoms. The molecule has 32 heavy (non-hydrogen) atoms. The van der Waals surface area contributed by atoms with E-state index < -0.39 is 0 Å². The number of rotatable bonds is 10. The average molecular weight is 556 g/mol. The maximum Gasteiger partial charge on any atom is 0.191 e. The van der Waals surface area contributed by atoms with E-state index in [0.29, 0.717) is 19.7 Å². The summed E-state index contributed by atoms with van der Waals surface area (Å²) in [6.07, 6.45) is 4.59. The van der Waals surface area contributed by atoms with Crippen molar-refractivity contribution in [2.45, 2.75) is 65.6 Å². The summed E-state index contributed by atoms with van der Waals surface area (Å²) in [6.45, 7) is 9.59. The number of hydrogen-bond acceptors (Lipinski definition) is 5. The summed E-state index contributed by atoms with van der Waals surface area (Å²) in [7, 11) is 1.97. The van der Waals surface area contributed by atoms with Crippen LogP contribution in [-0.2, 0) is 24.9 Å². The van der Waals surface area contributed by atoms with Gasteiger partial charge in [0.25, 0.3) is 0 Å². The molecule has 0 saturated carbocycles. The average Bonchev–Trinajstić information content (AvgIpc) is 3.40. The van der Waals surface area contributed by atoms with Crippen molar-refractivity contribution in [3.63, 3.8) is 0 Å². The SMILES string of the molecule is CCCCNC(=NCc1ccc(C)cc1OCC1CCCO1)NCc1nnc(C)n1C.I. The van der Waals surface area contributed by atoms with Crippen molar-refractivity contribution in [2.75, 3.05) is 19.8 Å². The van der Waals surface area contributed by atoms with Crippen LogP contribution in [-0.4, -0.2) is 46.6 Å². The second-order valence-electron chi connectivity index (χ2n) is 8.08. The van der Waals surface area contributed by atoms with Crippen LogP contribution in [0, 0.1) is 13.8 Å². The summed E-state index contributed by atoms with van der Waals surface area (Å²) in [5, 5.41) is 15.1. The van der Waals surface area contributed by atoms with Crippen molar-refractivity contribution in [1.29, 1.82) is 0 Å². The first-order valence-corrected chi connectivity index (χ1v) is 11.3. The molecule has 0 spiro atoms. The summed E-state index contributed by atoms with van der Waals surface area (Å²) < 4.78 is 13.8. The first kappa shape index (κ1) is 26.4. The van der Waals surface area contributed by atoms with Crippen LogP contribution in [0.5, 0.6) is 5.75 Å². The van der Waals surface area contributed by atoms with Crippen LogP contribution in [0.1, 0.15) is 55.4 Å². The fraction of sp³-hybridized carbons (Fsp3) is 0.609. The molecule has 1 aliphatic heterocycles. The number of unbranched alkanes of at least 4 members (excludes halogenated alkanes) is 1. The van der Waals surface area contributed by atoms with Crippen molar-refractivity contribution >= 4 is 29.9 Å². The first-order chi connectivity index (χ1) is 15.1. The molecule has 1 aliphatic rings. The van der Waals surface area contributed by atoms with Gasteiger partial charge in [-0.1, -0.05) is 25.5 Å². The van der Waals surface area contributed by atoms with Crippen LogP contribution in [0.2, 0.25) is 0 Å². The van der Waals surface area contributed by atoms with Gasteiger partial charge in [0.2, 0.25) is 0 Å². The van der Waals surface area contributed by atoms with Crippen LogP contribution < -0.4 is 15.4 Å². The minimum atomic E-state index is 0. The van der Waals surface area contributed by atoms with Crippen molar-refractivity contribution < 1.29 is 9.47 Å². The Morgan fingerprint density at radius 1 is 1.28 bits per heavy atom. The second-order valence-corrected chi connectivity index (χ2v) is 8.08. The molecule has 1 aromatic carbocycles. The lowest BCUT2D eigenvalue weighted by molar-refractivity contribution is 0.0676. The Balaban J connectivity index is 0.00000363. The van der Waals surface area contributed by atoms with E-state index in [1.807, 2.05) is 18.5 Å². The zero-order chi connectivity index (χ0) is 22.1. The van der Waals surface area contributed by atoms with Gasteiger partial charge < -0.3 is 24.7 Å². The van der Waals surface area contributed by atoms with Gasteiger partial charge >= 0.3 is 0 Å². The number of aliphatic imine (C=N–C) groups is 1. The van der Waals surface area contributed by atoms with E-state index >= 15 is 0 Å². The number of hydrogen-bond donors (Lipinski definition) is 2.